The Morgan fingerprint density at radius 2 is 2.33 bits per heavy atom. The topological polar surface area (TPSA) is 71.3 Å². The zero-order chi connectivity index (χ0) is 15.2. The molecule has 21 heavy (non-hydrogen) atoms. The van der Waals surface area contributed by atoms with Gasteiger partial charge in [0.1, 0.15) is 11.0 Å². The van der Waals surface area contributed by atoms with Gasteiger partial charge in [0.05, 0.1) is 17.1 Å². The van der Waals surface area contributed by atoms with Crippen molar-refractivity contribution in [1.29, 1.82) is 0 Å². The molecule has 0 spiro atoms. The van der Waals surface area contributed by atoms with E-state index >= 15 is 0 Å². The van der Waals surface area contributed by atoms with Crippen molar-refractivity contribution >= 4 is 23.1 Å². The molecular formula is C14H21ClN4O2. The van der Waals surface area contributed by atoms with E-state index in [4.69, 9.17) is 11.6 Å². The number of nitrogens with one attached hydrogen (secondary N) is 1. The molecule has 0 aliphatic carbocycles. The summed E-state index contributed by atoms with van der Waals surface area (Å²) in [5.74, 6) is 0.459. The fraction of sp³-hybridized carbons (Fsp3) is 0.643. The highest BCUT2D eigenvalue weighted by Crippen LogP contribution is 2.20. The third-order valence-corrected chi connectivity index (χ3v) is 4.05. The number of nitrogens with zero attached hydrogens (tertiary/aromatic N) is 3. The Morgan fingerprint density at radius 1 is 1.52 bits per heavy atom. The average Bonchev–Trinajstić information content (AvgIpc) is 2.44. The second-order valence-electron chi connectivity index (χ2n) is 5.45. The van der Waals surface area contributed by atoms with Crippen molar-refractivity contribution in [3.63, 3.8) is 0 Å². The lowest BCUT2D eigenvalue weighted by molar-refractivity contribution is -0.384. The molecule has 1 atom stereocenters. The first-order valence-corrected chi connectivity index (χ1v) is 7.74. The Hall–Kier alpha value is -1.40. The first-order chi connectivity index (χ1) is 10.1. The maximum Gasteiger partial charge on any atom is 0.276 e. The third kappa shape index (κ3) is 4.82. The second-order valence-corrected chi connectivity index (χ2v) is 5.84. The van der Waals surface area contributed by atoms with Crippen LogP contribution in [0.2, 0.25) is 5.15 Å². The van der Waals surface area contributed by atoms with Crippen LogP contribution in [0.25, 0.3) is 0 Å². The van der Waals surface area contributed by atoms with Gasteiger partial charge < -0.3 is 10.2 Å². The summed E-state index contributed by atoms with van der Waals surface area (Å²) >= 11 is 5.78. The van der Waals surface area contributed by atoms with Crippen LogP contribution >= 0.6 is 11.6 Å². The molecule has 0 bridgehead atoms. The molecule has 1 fully saturated rings. The van der Waals surface area contributed by atoms with Crippen LogP contribution in [0.5, 0.6) is 0 Å². The number of hydrogen-bond donors (Lipinski definition) is 1. The van der Waals surface area contributed by atoms with Crippen molar-refractivity contribution in [3.8, 4) is 0 Å². The lowest BCUT2D eigenvalue weighted by Gasteiger charge is -2.33. The standard InChI is InChI=1S/C14H21ClN4O2/c1-11-5-2-3-7-18(11)8-4-6-16-14-10-12(19(20)21)9-13(15)17-14/h9-11H,2-8H2,1H3,(H,16,17). The Bertz CT molecular complexity index is 498. The molecule has 6 nitrogen and oxygen atoms in total. The Balaban J connectivity index is 1.79. The van der Waals surface area contributed by atoms with Gasteiger partial charge in [0.15, 0.2) is 0 Å². The van der Waals surface area contributed by atoms with Crippen LogP contribution in [-0.4, -0.2) is 40.5 Å². The molecule has 0 saturated carbocycles. The summed E-state index contributed by atoms with van der Waals surface area (Å²) in [6.07, 6.45) is 4.85. The molecule has 0 amide bonds. The summed E-state index contributed by atoms with van der Waals surface area (Å²) in [7, 11) is 0. The number of anilines is 1. The van der Waals surface area contributed by atoms with Crippen molar-refractivity contribution in [1.82, 2.24) is 9.88 Å². The highest BCUT2D eigenvalue weighted by molar-refractivity contribution is 6.29. The summed E-state index contributed by atoms with van der Waals surface area (Å²) in [5, 5.41) is 14.0. The maximum absolute atomic E-state index is 10.8. The summed E-state index contributed by atoms with van der Waals surface area (Å²) in [5.41, 5.74) is -0.0397. The molecule has 0 aromatic carbocycles. The number of piperidine rings is 1. The van der Waals surface area contributed by atoms with Gasteiger partial charge in [-0.1, -0.05) is 18.0 Å². The second kappa shape index (κ2) is 7.56. The van der Waals surface area contributed by atoms with E-state index in [0.29, 0.717) is 11.9 Å². The molecule has 1 aromatic rings. The normalized spacial score (nSPS) is 19.4. The van der Waals surface area contributed by atoms with E-state index in [9.17, 15) is 10.1 Å². The number of aromatic nitrogens is 1. The predicted octanol–water partition coefficient (Wildman–Crippen LogP) is 3.32. The molecular weight excluding hydrogens is 292 g/mol. The minimum atomic E-state index is -0.464. The zero-order valence-corrected chi connectivity index (χ0v) is 13.0. The highest BCUT2D eigenvalue weighted by Gasteiger charge is 2.17. The minimum Gasteiger partial charge on any atom is -0.370 e. The van der Waals surface area contributed by atoms with Gasteiger partial charge in [0.2, 0.25) is 0 Å². The van der Waals surface area contributed by atoms with Gasteiger partial charge in [-0.05, 0) is 32.7 Å². The fourth-order valence-corrected chi connectivity index (χ4v) is 2.87. The van der Waals surface area contributed by atoms with Gasteiger partial charge in [0.25, 0.3) is 5.69 Å². The van der Waals surface area contributed by atoms with Crippen LogP contribution in [0.15, 0.2) is 12.1 Å². The van der Waals surface area contributed by atoms with Crippen molar-refractivity contribution in [3.05, 3.63) is 27.4 Å². The molecule has 2 heterocycles. The molecule has 1 unspecified atom stereocenters. The molecule has 1 aliphatic rings. The molecule has 116 valence electrons. The van der Waals surface area contributed by atoms with E-state index < -0.39 is 4.92 Å². The summed E-state index contributed by atoms with van der Waals surface area (Å²) < 4.78 is 0. The van der Waals surface area contributed by atoms with Crippen LogP contribution in [0.1, 0.15) is 32.6 Å². The molecule has 1 saturated heterocycles. The number of halogens is 1. The Kier molecular flexibility index (Phi) is 5.76. The molecule has 1 aromatic heterocycles. The summed E-state index contributed by atoms with van der Waals surface area (Å²) in [6, 6.07) is 3.32. The van der Waals surface area contributed by atoms with E-state index in [-0.39, 0.29) is 10.8 Å². The average molecular weight is 313 g/mol. The zero-order valence-electron chi connectivity index (χ0n) is 12.2. The molecule has 7 heteroatoms. The molecule has 1 N–H and O–H groups in total. The van der Waals surface area contributed by atoms with E-state index in [2.05, 4.69) is 22.1 Å². The lowest BCUT2D eigenvalue weighted by Crippen LogP contribution is -2.38. The first kappa shape index (κ1) is 16.0. The first-order valence-electron chi connectivity index (χ1n) is 7.36. The largest absolute Gasteiger partial charge is 0.370 e. The number of pyridine rings is 1. The van der Waals surface area contributed by atoms with Gasteiger partial charge in [0, 0.05) is 19.1 Å². The van der Waals surface area contributed by atoms with Gasteiger partial charge in [-0.25, -0.2) is 4.98 Å². The number of rotatable bonds is 6. The number of likely N-dealkylation sites (tertiary alicyclic amines) is 1. The predicted molar refractivity (Wildman–Crippen MR) is 83.9 cm³/mol. The van der Waals surface area contributed by atoms with Crippen LogP contribution < -0.4 is 5.32 Å². The van der Waals surface area contributed by atoms with Crippen molar-refractivity contribution in [2.75, 3.05) is 25.0 Å². The van der Waals surface area contributed by atoms with E-state index in [1.54, 1.807) is 0 Å². The lowest BCUT2D eigenvalue weighted by atomic mass is 10.0. The van der Waals surface area contributed by atoms with E-state index in [0.717, 1.165) is 19.5 Å². The SMILES string of the molecule is CC1CCCCN1CCCNc1cc([N+](=O)[O-])cc(Cl)n1. The summed E-state index contributed by atoms with van der Waals surface area (Å²) in [4.78, 5) is 16.8. The summed E-state index contributed by atoms with van der Waals surface area (Å²) in [6.45, 7) is 5.21. The maximum atomic E-state index is 10.8. The molecule has 2 rings (SSSR count). The number of hydrogen-bond acceptors (Lipinski definition) is 5. The van der Waals surface area contributed by atoms with Gasteiger partial charge in [-0.2, -0.15) is 0 Å². The molecule has 1 aliphatic heterocycles. The van der Waals surface area contributed by atoms with Gasteiger partial charge >= 0.3 is 0 Å². The van der Waals surface area contributed by atoms with E-state index in [1.807, 2.05) is 0 Å². The van der Waals surface area contributed by atoms with Crippen molar-refractivity contribution in [2.24, 2.45) is 0 Å². The van der Waals surface area contributed by atoms with Gasteiger partial charge in [-0.15, -0.1) is 0 Å². The molecule has 0 radical (unpaired) electrons. The van der Waals surface area contributed by atoms with Crippen molar-refractivity contribution in [2.45, 2.75) is 38.6 Å². The van der Waals surface area contributed by atoms with Crippen LogP contribution in [0.4, 0.5) is 11.5 Å². The van der Waals surface area contributed by atoms with Crippen LogP contribution in [-0.2, 0) is 0 Å². The monoisotopic (exact) mass is 312 g/mol. The Labute approximate surface area is 129 Å². The Morgan fingerprint density at radius 3 is 3.05 bits per heavy atom. The van der Waals surface area contributed by atoms with Crippen LogP contribution in [0, 0.1) is 10.1 Å². The fourth-order valence-electron chi connectivity index (χ4n) is 2.67. The van der Waals surface area contributed by atoms with Gasteiger partial charge in [-0.3, -0.25) is 10.1 Å². The van der Waals surface area contributed by atoms with E-state index in [1.165, 1.54) is 37.9 Å². The van der Waals surface area contributed by atoms with Crippen molar-refractivity contribution < 1.29 is 4.92 Å². The smallest absolute Gasteiger partial charge is 0.276 e. The third-order valence-electron chi connectivity index (χ3n) is 3.86. The van der Waals surface area contributed by atoms with Crippen LogP contribution in [0.3, 0.4) is 0 Å². The highest BCUT2D eigenvalue weighted by atomic mass is 35.5. The quantitative estimate of drug-likeness (QED) is 0.377. The minimum absolute atomic E-state index is 0.0397. The number of nitro groups is 1.